The van der Waals surface area contributed by atoms with Crippen molar-refractivity contribution < 1.29 is 9.18 Å². The molecule has 0 saturated carbocycles. The van der Waals surface area contributed by atoms with Crippen LogP contribution in [0.15, 0.2) is 18.2 Å². The van der Waals surface area contributed by atoms with Crippen LogP contribution in [0.4, 0.5) is 10.1 Å². The molecule has 1 N–H and O–H groups in total. The molecule has 0 aromatic heterocycles. The summed E-state index contributed by atoms with van der Waals surface area (Å²) in [5.74, 6) is -0.0990. The molecule has 1 amide bonds. The molecule has 1 aliphatic rings. The molecule has 0 radical (unpaired) electrons. The molecule has 1 aromatic carbocycles. The van der Waals surface area contributed by atoms with Gasteiger partial charge < -0.3 is 10.2 Å². The van der Waals surface area contributed by atoms with E-state index in [1.165, 1.54) is 6.07 Å². The number of aryl methyl sites for hydroxylation is 1. The Bertz CT molecular complexity index is 542. The fourth-order valence-electron chi connectivity index (χ4n) is 2.72. The van der Waals surface area contributed by atoms with Crippen molar-refractivity contribution in [2.45, 2.75) is 53.0 Å². The van der Waals surface area contributed by atoms with Gasteiger partial charge in [0.2, 0.25) is 5.91 Å². The predicted octanol–water partition coefficient (Wildman–Crippen LogP) is 3.66. The molecule has 1 saturated heterocycles. The van der Waals surface area contributed by atoms with Crippen molar-refractivity contribution in [3.63, 3.8) is 0 Å². The number of carbonyl (C=O) groups is 1. The molecule has 0 aliphatic carbocycles. The molecular weight excluding hydrogens is 279 g/mol. The lowest BCUT2D eigenvalue weighted by Crippen LogP contribution is -2.51. The predicted molar refractivity (Wildman–Crippen MR) is 88.6 cm³/mol. The van der Waals surface area contributed by atoms with Gasteiger partial charge in [-0.15, -0.1) is 0 Å². The average molecular weight is 306 g/mol. The molecular formula is C18H27FN2O. The maximum absolute atomic E-state index is 14.1. The van der Waals surface area contributed by atoms with Crippen LogP contribution in [-0.2, 0) is 4.79 Å². The number of halogens is 1. The summed E-state index contributed by atoms with van der Waals surface area (Å²) in [6.45, 7) is 9.42. The second-order valence-electron chi connectivity index (χ2n) is 6.95. The van der Waals surface area contributed by atoms with Gasteiger partial charge in [-0.2, -0.15) is 0 Å². The number of nitrogens with zero attached hydrogens (tertiary/aromatic N) is 1. The largest absolute Gasteiger partial charge is 0.367 e. The van der Waals surface area contributed by atoms with Crippen molar-refractivity contribution in [2.24, 2.45) is 5.41 Å². The Balaban J connectivity index is 2.06. The first-order valence-corrected chi connectivity index (χ1v) is 8.15. The summed E-state index contributed by atoms with van der Waals surface area (Å²) in [6.07, 6.45) is 2.72. The molecule has 3 nitrogen and oxygen atoms in total. The molecule has 2 rings (SSSR count). The molecule has 1 heterocycles. The molecule has 0 spiro atoms. The smallest absolute Gasteiger partial charge is 0.225 e. The van der Waals surface area contributed by atoms with E-state index in [-0.39, 0.29) is 23.2 Å². The molecule has 1 fully saturated rings. The molecule has 4 heteroatoms. The Hall–Kier alpha value is -1.58. The van der Waals surface area contributed by atoms with Crippen LogP contribution >= 0.6 is 0 Å². The Morgan fingerprint density at radius 2 is 2.18 bits per heavy atom. The van der Waals surface area contributed by atoms with Crippen molar-refractivity contribution in [1.82, 2.24) is 5.32 Å². The molecule has 1 unspecified atom stereocenters. The van der Waals surface area contributed by atoms with Crippen LogP contribution in [0.5, 0.6) is 0 Å². The Kier molecular flexibility index (Phi) is 5.09. The van der Waals surface area contributed by atoms with Gasteiger partial charge in [0.1, 0.15) is 5.82 Å². The summed E-state index contributed by atoms with van der Waals surface area (Å²) >= 11 is 0. The van der Waals surface area contributed by atoms with E-state index in [0.29, 0.717) is 12.2 Å². The minimum Gasteiger partial charge on any atom is -0.367 e. The lowest BCUT2D eigenvalue weighted by molar-refractivity contribution is -0.130. The third-order valence-corrected chi connectivity index (χ3v) is 4.70. The number of benzene rings is 1. The Morgan fingerprint density at radius 3 is 2.86 bits per heavy atom. The molecule has 1 aromatic rings. The zero-order valence-electron chi connectivity index (χ0n) is 14.1. The van der Waals surface area contributed by atoms with E-state index in [2.05, 4.69) is 10.2 Å². The van der Waals surface area contributed by atoms with Gasteiger partial charge in [0.25, 0.3) is 0 Å². The lowest BCUT2D eigenvalue weighted by Gasteiger charge is -2.36. The number of anilines is 1. The van der Waals surface area contributed by atoms with E-state index in [1.807, 2.05) is 33.8 Å². The van der Waals surface area contributed by atoms with Crippen LogP contribution in [0.1, 0.15) is 45.6 Å². The van der Waals surface area contributed by atoms with Gasteiger partial charge >= 0.3 is 0 Å². The second kappa shape index (κ2) is 6.67. The van der Waals surface area contributed by atoms with E-state index in [1.54, 1.807) is 6.07 Å². The van der Waals surface area contributed by atoms with Crippen LogP contribution in [0.3, 0.4) is 0 Å². The normalized spacial score (nSPS) is 19.1. The molecule has 0 bridgehead atoms. The van der Waals surface area contributed by atoms with Gasteiger partial charge in [0.05, 0.1) is 5.69 Å². The van der Waals surface area contributed by atoms with Crippen molar-refractivity contribution >= 4 is 11.6 Å². The topological polar surface area (TPSA) is 32.3 Å². The van der Waals surface area contributed by atoms with Crippen molar-refractivity contribution in [1.29, 1.82) is 0 Å². The first-order chi connectivity index (χ1) is 10.3. The van der Waals surface area contributed by atoms with Crippen molar-refractivity contribution in [3.8, 4) is 0 Å². The number of nitrogens with one attached hydrogen (secondary N) is 1. The number of hydrogen-bond acceptors (Lipinski definition) is 2. The minimum absolute atomic E-state index is 0.0894. The summed E-state index contributed by atoms with van der Waals surface area (Å²) in [4.78, 5) is 14.4. The fourth-order valence-corrected chi connectivity index (χ4v) is 2.72. The van der Waals surface area contributed by atoms with E-state index in [9.17, 15) is 9.18 Å². The van der Waals surface area contributed by atoms with Gasteiger partial charge in [-0.3, -0.25) is 4.79 Å². The van der Waals surface area contributed by atoms with Gasteiger partial charge in [-0.25, -0.2) is 4.39 Å². The number of amides is 1. The summed E-state index contributed by atoms with van der Waals surface area (Å²) in [6, 6.07) is 5.28. The third-order valence-electron chi connectivity index (χ3n) is 4.70. The molecule has 22 heavy (non-hydrogen) atoms. The average Bonchev–Trinajstić information content (AvgIpc) is 2.50. The maximum atomic E-state index is 14.1. The summed E-state index contributed by atoms with van der Waals surface area (Å²) in [7, 11) is 0. The fraction of sp³-hybridized carbons (Fsp3) is 0.611. The Labute approximate surface area is 132 Å². The standard InChI is InChI=1S/C18H27FN2O/c1-5-18(3,4)17(22)20-14-7-6-10-21(12-14)16-11-13(2)8-9-15(16)19/h8-9,11,14H,5-7,10,12H2,1-4H3,(H,20,22). The highest BCUT2D eigenvalue weighted by molar-refractivity contribution is 5.82. The van der Waals surface area contributed by atoms with Crippen LogP contribution in [0.2, 0.25) is 0 Å². The molecule has 1 aliphatic heterocycles. The highest BCUT2D eigenvalue weighted by Gasteiger charge is 2.29. The van der Waals surface area contributed by atoms with Crippen LogP contribution in [0.25, 0.3) is 0 Å². The molecule has 1 atom stereocenters. The first kappa shape index (κ1) is 16.8. The second-order valence-corrected chi connectivity index (χ2v) is 6.95. The van der Waals surface area contributed by atoms with E-state index in [0.717, 1.165) is 31.4 Å². The Morgan fingerprint density at radius 1 is 1.45 bits per heavy atom. The van der Waals surface area contributed by atoms with Crippen LogP contribution in [0, 0.1) is 18.2 Å². The monoisotopic (exact) mass is 306 g/mol. The third kappa shape index (κ3) is 3.79. The zero-order valence-corrected chi connectivity index (χ0v) is 14.1. The molecule has 122 valence electrons. The lowest BCUT2D eigenvalue weighted by atomic mass is 9.88. The highest BCUT2D eigenvalue weighted by atomic mass is 19.1. The van der Waals surface area contributed by atoms with Crippen molar-refractivity contribution in [2.75, 3.05) is 18.0 Å². The van der Waals surface area contributed by atoms with Gasteiger partial charge in [0, 0.05) is 24.5 Å². The van der Waals surface area contributed by atoms with Gasteiger partial charge in [0.15, 0.2) is 0 Å². The minimum atomic E-state index is -0.350. The van der Waals surface area contributed by atoms with Gasteiger partial charge in [-0.05, 0) is 43.9 Å². The number of carbonyl (C=O) groups excluding carboxylic acids is 1. The quantitative estimate of drug-likeness (QED) is 0.921. The zero-order chi connectivity index (χ0) is 16.3. The SMILES string of the molecule is CCC(C)(C)C(=O)NC1CCCN(c2cc(C)ccc2F)C1. The van der Waals surface area contributed by atoms with Crippen molar-refractivity contribution in [3.05, 3.63) is 29.6 Å². The van der Waals surface area contributed by atoms with E-state index in [4.69, 9.17) is 0 Å². The maximum Gasteiger partial charge on any atom is 0.225 e. The summed E-state index contributed by atoms with van der Waals surface area (Å²) in [5.41, 5.74) is 1.35. The van der Waals surface area contributed by atoms with Crippen LogP contribution in [-0.4, -0.2) is 25.0 Å². The van der Waals surface area contributed by atoms with E-state index >= 15 is 0 Å². The summed E-state index contributed by atoms with van der Waals surface area (Å²) < 4.78 is 14.1. The van der Waals surface area contributed by atoms with E-state index < -0.39 is 0 Å². The first-order valence-electron chi connectivity index (χ1n) is 8.15. The summed E-state index contributed by atoms with van der Waals surface area (Å²) in [5, 5.41) is 3.14. The number of hydrogen-bond donors (Lipinski definition) is 1. The number of rotatable bonds is 4. The van der Waals surface area contributed by atoms with Gasteiger partial charge in [-0.1, -0.05) is 26.8 Å². The number of piperidine rings is 1. The highest BCUT2D eigenvalue weighted by Crippen LogP contribution is 2.25. The van der Waals surface area contributed by atoms with Crippen LogP contribution < -0.4 is 10.2 Å².